The monoisotopic (exact) mass is 302 g/mol. The van der Waals surface area contributed by atoms with Gasteiger partial charge in [-0.15, -0.1) is 0 Å². The van der Waals surface area contributed by atoms with Gasteiger partial charge in [-0.05, 0) is 38.0 Å². The second-order valence-electron chi connectivity index (χ2n) is 6.25. The van der Waals surface area contributed by atoms with E-state index in [2.05, 4.69) is 21.5 Å². The molecule has 1 saturated carbocycles. The molecule has 0 bridgehead atoms. The number of rotatable bonds is 5. The minimum absolute atomic E-state index is 0.0591. The van der Waals surface area contributed by atoms with E-state index in [9.17, 15) is 4.79 Å². The molecule has 2 aliphatic rings. The first kappa shape index (κ1) is 15.0. The van der Waals surface area contributed by atoms with Crippen molar-refractivity contribution in [3.05, 3.63) is 12.7 Å². The van der Waals surface area contributed by atoms with Crippen LogP contribution in [0, 0.1) is 17.2 Å². The van der Waals surface area contributed by atoms with Crippen LogP contribution in [0.2, 0.25) is 0 Å². The molecule has 1 N–H and O–H groups in total. The van der Waals surface area contributed by atoms with Gasteiger partial charge in [0.1, 0.15) is 18.7 Å². The van der Waals surface area contributed by atoms with Crippen LogP contribution >= 0.6 is 0 Å². The molecule has 1 aliphatic carbocycles. The highest BCUT2D eigenvalue weighted by molar-refractivity contribution is 5.79. The number of hydrogen-bond acceptors (Lipinski definition) is 5. The Morgan fingerprint density at radius 3 is 3.09 bits per heavy atom. The lowest BCUT2D eigenvalue weighted by Crippen LogP contribution is -2.42. The number of carbonyl (C=O) groups excluding carboxylic acids is 1. The lowest BCUT2D eigenvalue weighted by Gasteiger charge is -2.21. The lowest BCUT2D eigenvalue weighted by atomic mass is 10.1. The minimum Gasteiger partial charge on any atom is -0.326 e. The van der Waals surface area contributed by atoms with Gasteiger partial charge in [-0.25, -0.2) is 4.98 Å². The molecule has 1 aromatic rings. The molecule has 1 aromatic heterocycles. The van der Waals surface area contributed by atoms with Crippen LogP contribution < -0.4 is 5.32 Å². The number of hydrogen-bond donors (Lipinski definition) is 1. The van der Waals surface area contributed by atoms with Crippen molar-refractivity contribution in [2.45, 2.75) is 50.7 Å². The normalized spacial score (nSPS) is 28.0. The summed E-state index contributed by atoms with van der Waals surface area (Å²) in [5.41, 5.74) is 0. The average molecular weight is 302 g/mol. The minimum atomic E-state index is -0.224. The van der Waals surface area contributed by atoms with Crippen LogP contribution in [0.25, 0.3) is 0 Å². The Kier molecular flexibility index (Phi) is 4.68. The Hall–Kier alpha value is -1.94. The van der Waals surface area contributed by atoms with Crippen molar-refractivity contribution in [3.63, 3.8) is 0 Å². The standard InChI is InChI=1S/C15H22N6O/c16-7-14-2-1-5-21(14)15(22)8-18-13-4-3-12(6-13)9-20-11-17-10-19-20/h10-14,18H,1-6,8-9H2/t12?,13?,14-/m0/s1. The molecular weight excluding hydrogens is 280 g/mol. The number of amides is 1. The molecule has 1 amide bonds. The van der Waals surface area contributed by atoms with E-state index >= 15 is 0 Å². The molecule has 7 heteroatoms. The Bertz CT molecular complexity index is 537. The third-order valence-corrected chi connectivity index (χ3v) is 4.72. The van der Waals surface area contributed by atoms with E-state index in [1.165, 1.54) is 0 Å². The predicted octanol–water partition coefficient (Wildman–Crippen LogP) is 0.551. The molecule has 1 aliphatic heterocycles. The summed E-state index contributed by atoms with van der Waals surface area (Å²) in [5.74, 6) is 0.650. The molecule has 2 fully saturated rings. The van der Waals surface area contributed by atoms with E-state index in [0.29, 0.717) is 18.5 Å². The zero-order valence-electron chi connectivity index (χ0n) is 12.7. The topological polar surface area (TPSA) is 86.8 Å². The SMILES string of the molecule is N#C[C@@H]1CCCN1C(=O)CNC1CCC(Cn2cncn2)C1. The smallest absolute Gasteiger partial charge is 0.237 e. The second kappa shape index (κ2) is 6.88. The van der Waals surface area contributed by atoms with Crippen molar-refractivity contribution < 1.29 is 4.79 Å². The van der Waals surface area contributed by atoms with Crippen LogP contribution in [-0.2, 0) is 11.3 Å². The van der Waals surface area contributed by atoms with Gasteiger partial charge in [-0.1, -0.05) is 0 Å². The number of nitrogens with one attached hydrogen (secondary N) is 1. The van der Waals surface area contributed by atoms with Crippen LogP contribution in [0.5, 0.6) is 0 Å². The fraction of sp³-hybridized carbons (Fsp3) is 0.733. The molecule has 2 unspecified atom stereocenters. The van der Waals surface area contributed by atoms with Gasteiger partial charge < -0.3 is 10.2 Å². The maximum absolute atomic E-state index is 12.2. The van der Waals surface area contributed by atoms with Gasteiger partial charge >= 0.3 is 0 Å². The van der Waals surface area contributed by atoms with Crippen molar-refractivity contribution in [1.29, 1.82) is 5.26 Å². The van der Waals surface area contributed by atoms with Crippen molar-refractivity contribution in [3.8, 4) is 6.07 Å². The van der Waals surface area contributed by atoms with Gasteiger partial charge in [0.25, 0.3) is 0 Å². The van der Waals surface area contributed by atoms with Crippen LogP contribution in [0.4, 0.5) is 0 Å². The first-order valence-electron chi connectivity index (χ1n) is 8.01. The van der Waals surface area contributed by atoms with E-state index in [-0.39, 0.29) is 11.9 Å². The molecule has 2 heterocycles. The van der Waals surface area contributed by atoms with Crippen LogP contribution in [0.3, 0.4) is 0 Å². The third-order valence-electron chi connectivity index (χ3n) is 4.72. The number of likely N-dealkylation sites (tertiary alicyclic amines) is 1. The molecule has 118 valence electrons. The van der Waals surface area contributed by atoms with Gasteiger partial charge in [0.15, 0.2) is 0 Å². The molecule has 7 nitrogen and oxygen atoms in total. The van der Waals surface area contributed by atoms with E-state index < -0.39 is 0 Å². The molecule has 0 radical (unpaired) electrons. The highest BCUT2D eigenvalue weighted by Gasteiger charge is 2.30. The van der Waals surface area contributed by atoms with Crippen LogP contribution in [-0.4, -0.2) is 50.7 Å². The van der Waals surface area contributed by atoms with Gasteiger partial charge in [0, 0.05) is 19.1 Å². The molecule has 3 atom stereocenters. The predicted molar refractivity (Wildman–Crippen MR) is 79.5 cm³/mol. The molecule has 0 aromatic carbocycles. The molecule has 3 rings (SSSR count). The summed E-state index contributed by atoms with van der Waals surface area (Å²) in [6.45, 7) is 1.96. The van der Waals surface area contributed by atoms with E-state index in [4.69, 9.17) is 5.26 Å². The third kappa shape index (κ3) is 3.45. The second-order valence-corrected chi connectivity index (χ2v) is 6.25. The largest absolute Gasteiger partial charge is 0.326 e. The average Bonchev–Trinajstić information content (AvgIpc) is 3.26. The summed E-state index contributed by atoms with van der Waals surface area (Å²) in [5, 5.41) is 16.6. The maximum atomic E-state index is 12.2. The molecule has 0 spiro atoms. The maximum Gasteiger partial charge on any atom is 0.237 e. The van der Waals surface area contributed by atoms with Crippen molar-refractivity contribution in [2.24, 2.45) is 5.92 Å². The van der Waals surface area contributed by atoms with Gasteiger partial charge in [0.2, 0.25) is 5.91 Å². The molecule has 22 heavy (non-hydrogen) atoms. The molecular formula is C15H22N6O. The summed E-state index contributed by atoms with van der Waals surface area (Å²) in [7, 11) is 0. The zero-order chi connectivity index (χ0) is 15.4. The molecule has 1 saturated heterocycles. The van der Waals surface area contributed by atoms with Gasteiger partial charge in [-0.2, -0.15) is 10.4 Å². The van der Waals surface area contributed by atoms with Crippen molar-refractivity contribution in [1.82, 2.24) is 25.0 Å². The number of carbonyl (C=O) groups is 1. The summed E-state index contributed by atoms with van der Waals surface area (Å²) >= 11 is 0. The van der Waals surface area contributed by atoms with E-state index in [0.717, 1.165) is 45.2 Å². The Balaban J connectivity index is 1.41. The zero-order valence-corrected chi connectivity index (χ0v) is 12.7. The highest BCUT2D eigenvalue weighted by atomic mass is 16.2. The van der Waals surface area contributed by atoms with Crippen molar-refractivity contribution >= 4 is 5.91 Å². The Morgan fingerprint density at radius 2 is 2.32 bits per heavy atom. The fourth-order valence-electron chi connectivity index (χ4n) is 3.55. The summed E-state index contributed by atoms with van der Waals surface area (Å²) in [6, 6.07) is 2.38. The summed E-state index contributed by atoms with van der Waals surface area (Å²) in [6.07, 6.45) is 8.36. The van der Waals surface area contributed by atoms with Crippen LogP contribution in [0.1, 0.15) is 32.1 Å². The highest BCUT2D eigenvalue weighted by Crippen LogP contribution is 2.26. The number of nitriles is 1. The number of aromatic nitrogens is 3. The van der Waals surface area contributed by atoms with Crippen molar-refractivity contribution in [2.75, 3.05) is 13.1 Å². The Labute approximate surface area is 130 Å². The van der Waals surface area contributed by atoms with Crippen LogP contribution in [0.15, 0.2) is 12.7 Å². The fourth-order valence-corrected chi connectivity index (χ4v) is 3.55. The van der Waals surface area contributed by atoms with Gasteiger partial charge in [-0.3, -0.25) is 9.48 Å². The van der Waals surface area contributed by atoms with Gasteiger partial charge in [0.05, 0.1) is 12.6 Å². The van der Waals surface area contributed by atoms with E-state index in [1.54, 1.807) is 17.6 Å². The summed E-state index contributed by atoms with van der Waals surface area (Å²) < 4.78 is 1.87. The van der Waals surface area contributed by atoms with E-state index in [1.807, 2.05) is 4.68 Å². The first-order valence-corrected chi connectivity index (χ1v) is 8.01. The number of nitrogens with zero attached hydrogens (tertiary/aromatic N) is 5. The summed E-state index contributed by atoms with van der Waals surface area (Å²) in [4.78, 5) is 17.9. The quantitative estimate of drug-likeness (QED) is 0.858. The lowest BCUT2D eigenvalue weighted by molar-refractivity contribution is -0.130. The first-order chi connectivity index (χ1) is 10.8. The Morgan fingerprint density at radius 1 is 1.41 bits per heavy atom.